The molecule has 0 aliphatic carbocycles. The van der Waals surface area contributed by atoms with E-state index in [0.29, 0.717) is 23.9 Å². The molecule has 184 valence electrons. The van der Waals surface area contributed by atoms with Gasteiger partial charge >= 0.3 is 0 Å². The fraction of sp³-hybridized carbons (Fsp3) is 0.348. The van der Waals surface area contributed by atoms with Crippen LogP contribution in [0.1, 0.15) is 18.4 Å². The molecule has 0 bridgehead atoms. The van der Waals surface area contributed by atoms with Crippen LogP contribution in [0.15, 0.2) is 52.4 Å². The second-order valence-corrected chi connectivity index (χ2v) is 10.2. The molecular formula is C23H27N7O4S. The van der Waals surface area contributed by atoms with Gasteiger partial charge in [0.1, 0.15) is 12.1 Å². The Morgan fingerprint density at radius 2 is 2.09 bits per heavy atom. The number of nitrogens with two attached hydrogens (primary N) is 1. The molecule has 35 heavy (non-hydrogen) atoms. The zero-order valence-electron chi connectivity index (χ0n) is 19.3. The van der Waals surface area contributed by atoms with Gasteiger partial charge in [-0.1, -0.05) is 0 Å². The normalized spacial score (nSPS) is 15.1. The van der Waals surface area contributed by atoms with Gasteiger partial charge in [-0.25, -0.2) is 23.5 Å². The predicted octanol–water partition coefficient (Wildman–Crippen LogP) is 2.74. The Morgan fingerprint density at radius 1 is 1.26 bits per heavy atom. The van der Waals surface area contributed by atoms with Crippen LogP contribution in [0.5, 0.6) is 0 Å². The van der Waals surface area contributed by atoms with Crippen LogP contribution in [-0.4, -0.2) is 55.4 Å². The molecule has 12 heteroatoms. The molecule has 4 aromatic rings. The van der Waals surface area contributed by atoms with E-state index >= 15 is 0 Å². The third-order valence-corrected chi connectivity index (χ3v) is 7.26. The highest BCUT2D eigenvalue weighted by molar-refractivity contribution is 7.89. The number of nitrogens with one attached hydrogen (secondary N) is 2. The van der Waals surface area contributed by atoms with Crippen molar-refractivity contribution in [1.29, 1.82) is 0 Å². The van der Waals surface area contributed by atoms with Crippen LogP contribution in [0.3, 0.4) is 0 Å². The first-order chi connectivity index (χ1) is 16.9. The zero-order valence-corrected chi connectivity index (χ0v) is 20.1. The number of hydrogen-bond acceptors (Lipinski definition) is 9. The molecule has 0 spiro atoms. The Hall–Kier alpha value is -3.48. The summed E-state index contributed by atoms with van der Waals surface area (Å²) in [5, 5.41) is 16.8. The summed E-state index contributed by atoms with van der Waals surface area (Å²) >= 11 is 0. The van der Waals surface area contributed by atoms with E-state index < -0.39 is 10.0 Å². The van der Waals surface area contributed by atoms with Crippen molar-refractivity contribution in [2.24, 2.45) is 11.1 Å². The summed E-state index contributed by atoms with van der Waals surface area (Å²) < 4.78 is 34.7. The molecule has 1 fully saturated rings. The Bertz CT molecular complexity index is 1410. The van der Waals surface area contributed by atoms with Crippen molar-refractivity contribution >= 4 is 32.6 Å². The molecule has 0 amide bonds. The van der Waals surface area contributed by atoms with Crippen LogP contribution in [-0.2, 0) is 21.3 Å². The maximum absolute atomic E-state index is 12.1. The van der Waals surface area contributed by atoms with Gasteiger partial charge in [-0.15, -0.1) is 0 Å². The molecule has 0 atom stereocenters. The number of furan rings is 1. The number of fused-ring (bicyclic) bond motifs is 1. The summed E-state index contributed by atoms with van der Waals surface area (Å²) in [6, 6.07) is 6.84. The summed E-state index contributed by atoms with van der Waals surface area (Å²) in [6.07, 6.45) is 6.65. The first-order valence-electron chi connectivity index (χ1n) is 11.3. The number of rotatable bonds is 8. The first kappa shape index (κ1) is 23.3. The topological polar surface area (TPSA) is 152 Å². The minimum absolute atomic E-state index is 0.0718. The molecular weight excluding hydrogens is 470 g/mol. The van der Waals surface area contributed by atoms with E-state index in [9.17, 15) is 8.42 Å². The highest BCUT2D eigenvalue weighted by Crippen LogP contribution is 2.32. The van der Waals surface area contributed by atoms with E-state index in [1.165, 1.54) is 6.33 Å². The number of aromatic nitrogens is 4. The highest BCUT2D eigenvalue weighted by atomic mass is 32.2. The molecule has 1 aliphatic heterocycles. The van der Waals surface area contributed by atoms with Gasteiger partial charge in [0.25, 0.3) is 0 Å². The van der Waals surface area contributed by atoms with Crippen molar-refractivity contribution < 1.29 is 17.6 Å². The summed E-state index contributed by atoms with van der Waals surface area (Å²) in [4.78, 5) is 11.0. The molecule has 4 heterocycles. The van der Waals surface area contributed by atoms with Crippen LogP contribution < -0.4 is 15.4 Å². The molecule has 3 aromatic heterocycles. The van der Waals surface area contributed by atoms with E-state index in [4.69, 9.17) is 14.3 Å². The van der Waals surface area contributed by atoms with Crippen molar-refractivity contribution in [2.45, 2.75) is 24.3 Å². The molecule has 5 rings (SSSR count). The van der Waals surface area contributed by atoms with Gasteiger partial charge in [0.05, 0.1) is 28.5 Å². The summed E-state index contributed by atoms with van der Waals surface area (Å²) in [6.45, 7) is 2.80. The number of ether oxygens (including phenoxy) is 1. The highest BCUT2D eigenvalue weighted by Gasteiger charge is 2.23. The van der Waals surface area contributed by atoms with Gasteiger partial charge < -0.3 is 19.4 Å². The maximum Gasteiger partial charge on any atom is 0.238 e. The van der Waals surface area contributed by atoms with Crippen molar-refractivity contribution in [3.63, 3.8) is 0 Å². The fourth-order valence-corrected chi connectivity index (χ4v) is 5.11. The molecule has 4 N–H and O–H groups in total. The van der Waals surface area contributed by atoms with E-state index in [-0.39, 0.29) is 4.90 Å². The number of nitrogens with zero attached hydrogens (tertiary/aromatic N) is 4. The molecule has 1 saturated heterocycles. The molecule has 0 radical (unpaired) electrons. The number of methoxy groups -OCH3 is 1. The Morgan fingerprint density at radius 3 is 2.80 bits per heavy atom. The average Bonchev–Trinajstić information content (AvgIpc) is 3.53. The van der Waals surface area contributed by atoms with Crippen molar-refractivity contribution in [3.8, 4) is 11.3 Å². The Labute approximate surface area is 202 Å². The van der Waals surface area contributed by atoms with E-state index in [1.807, 2.05) is 12.1 Å². The van der Waals surface area contributed by atoms with Gasteiger partial charge in [0.2, 0.25) is 10.0 Å². The standard InChI is InChI=1S/C23H27N7O4S/c1-33-12-15-4-7-30(8-5-15)19-3-2-18(35(24,31)32)10-17(19)11-25-22-20-21(16-6-9-34-13-16)28-29-23(20)27-14-26-22/h2-3,6,9-10,13-15H,4-5,7-8,11-12H2,1H3,(H2,24,31,32)(H2,25,26,27,28,29). The van der Waals surface area contributed by atoms with Crippen LogP contribution in [0, 0.1) is 5.92 Å². The monoisotopic (exact) mass is 497 g/mol. The lowest BCUT2D eigenvalue weighted by Gasteiger charge is -2.34. The number of sulfonamides is 1. The molecule has 1 aromatic carbocycles. The molecule has 0 saturated carbocycles. The van der Waals surface area contributed by atoms with Crippen molar-refractivity contribution in [1.82, 2.24) is 20.2 Å². The van der Waals surface area contributed by atoms with Gasteiger partial charge in [-0.2, -0.15) is 5.10 Å². The zero-order chi connectivity index (χ0) is 24.4. The van der Waals surface area contributed by atoms with E-state index in [0.717, 1.165) is 60.4 Å². The second kappa shape index (κ2) is 9.64. The van der Waals surface area contributed by atoms with Crippen molar-refractivity contribution in [3.05, 3.63) is 48.7 Å². The number of primary sulfonamides is 1. The summed E-state index contributed by atoms with van der Waals surface area (Å²) in [5.74, 6) is 1.10. The second-order valence-electron chi connectivity index (χ2n) is 8.61. The lowest BCUT2D eigenvalue weighted by molar-refractivity contribution is 0.139. The number of hydrogen-bond donors (Lipinski definition) is 3. The van der Waals surface area contributed by atoms with Gasteiger partial charge in [-0.05, 0) is 48.6 Å². The van der Waals surface area contributed by atoms with Gasteiger partial charge in [0, 0.05) is 44.6 Å². The minimum atomic E-state index is -3.85. The van der Waals surface area contributed by atoms with Crippen molar-refractivity contribution in [2.75, 3.05) is 37.0 Å². The van der Waals surface area contributed by atoms with Gasteiger partial charge in [-0.3, -0.25) is 5.10 Å². The first-order valence-corrected chi connectivity index (χ1v) is 12.8. The third kappa shape index (κ3) is 4.85. The van der Waals surface area contributed by atoms with E-state index in [2.05, 4.69) is 30.4 Å². The average molecular weight is 498 g/mol. The predicted molar refractivity (Wildman–Crippen MR) is 131 cm³/mol. The van der Waals surface area contributed by atoms with Crippen LogP contribution >= 0.6 is 0 Å². The largest absolute Gasteiger partial charge is 0.472 e. The summed E-state index contributed by atoms with van der Waals surface area (Å²) in [7, 11) is -2.12. The number of aromatic amines is 1. The lowest BCUT2D eigenvalue weighted by Crippen LogP contribution is -2.35. The Balaban J connectivity index is 1.46. The number of piperidine rings is 1. The molecule has 1 aliphatic rings. The van der Waals surface area contributed by atoms with Gasteiger partial charge in [0.15, 0.2) is 5.65 Å². The number of anilines is 2. The summed E-state index contributed by atoms with van der Waals surface area (Å²) in [5.41, 5.74) is 3.84. The molecule has 11 nitrogen and oxygen atoms in total. The minimum Gasteiger partial charge on any atom is -0.472 e. The smallest absolute Gasteiger partial charge is 0.238 e. The van der Waals surface area contributed by atoms with Crippen LogP contribution in [0.4, 0.5) is 11.5 Å². The fourth-order valence-electron chi connectivity index (χ4n) is 4.55. The maximum atomic E-state index is 12.1. The quantitative estimate of drug-likeness (QED) is 0.333. The number of benzene rings is 1. The Kier molecular flexibility index (Phi) is 6.41. The lowest BCUT2D eigenvalue weighted by atomic mass is 9.96. The SMILES string of the molecule is COCC1CCN(c2ccc(S(N)(=O)=O)cc2CNc2ncnc3n[nH]c(-c4ccoc4)c23)CC1. The van der Waals surface area contributed by atoms with E-state index in [1.54, 1.807) is 31.8 Å². The third-order valence-electron chi connectivity index (χ3n) is 6.34. The van der Waals surface area contributed by atoms with Crippen LogP contribution in [0.2, 0.25) is 0 Å². The molecule has 0 unspecified atom stereocenters. The number of H-pyrrole nitrogens is 1. The van der Waals surface area contributed by atoms with Crippen LogP contribution in [0.25, 0.3) is 22.3 Å².